The van der Waals surface area contributed by atoms with Crippen LogP contribution in [0.25, 0.3) is 0 Å². The number of aliphatic imine (C=N–C) groups is 1. The predicted octanol–water partition coefficient (Wildman–Crippen LogP) is 3.38. The minimum Gasteiger partial charge on any atom is -0.359 e. The van der Waals surface area contributed by atoms with Crippen LogP contribution in [-0.2, 0) is 17.9 Å². The molecule has 0 spiro atoms. The lowest BCUT2D eigenvalue weighted by atomic mass is 9.93. The summed E-state index contributed by atoms with van der Waals surface area (Å²) in [6.45, 7) is 9.11. The van der Waals surface area contributed by atoms with Crippen molar-refractivity contribution >= 4 is 11.9 Å². The molecule has 172 valence electrons. The van der Waals surface area contributed by atoms with E-state index < -0.39 is 0 Å². The summed E-state index contributed by atoms with van der Waals surface area (Å²) >= 11 is 0. The van der Waals surface area contributed by atoms with Crippen LogP contribution in [0.15, 0.2) is 29.3 Å². The molecule has 0 radical (unpaired) electrons. The molecular formula is C25H41N5O. The van der Waals surface area contributed by atoms with Crippen LogP contribution < -0.4 is 10.6 Å². The average Bonchev–Trinajstić information content (AvgIpc) is 3.06. The van der Waals surface area contributed by atoms with Crippen LogP contribution in [0.1, 0.15) is 63.0 Å². The van der Waals surface area contributed by atoms with Crippen molar-refractivity contribution in [3.63, 3.8) is 0 Å². The molecule has 2 N–H and O–H groups in total. The van der Waals surface area contributed by atoms with Crippen LogP contribution in [0.4, 0.5) is 0 Å². The van der Waals surface area contributed by atoms with Gasteiger partial charge in [-0.1, -0.05) is 37.1 Å². The van der Waals surface area contributed by atoms with Gasteiger partial charge in [-0.2, -0.15) is 0 Å². The molecule has 0 saturated carbocycles. The molecule has 3 rings (SSSR count). The van der Waals surface area contributed by atoms with Gasteiger partial charge in [-0.3, -0.25) is 9.69 Å². The number of rotatable bonds is 7. The van der Waals surface area contributed by atoms with Crippen LogP contribution in [0, 0.1) is 5.92 Å². The minimum atomic E-state index is 0.152. The van der Waals surface area contributed by atoms with E-state index in [1.807, 2.05) is 0 Å². The molecular weight excluding hydrogens is 386 g/mol. The molecule has 1 aromatic carbocycles. The number of benzene rings is 1. The monoisotopic (exact) mass is 427 g/mol. The first-order chi connectivity index (χ1) is 15.2. The van der Waals surface area contributed by atoms with E-state index in [1.54, 1.807) is 7.05 Å². The van der Waals surface area contributed by atoms with E-state index >= 15 is 0 Å². The fourth-order valence-electron chi connectivity index (χ4n) is 4.68. The Kier molecular flexibility index (Phi) is 9.66. The third-order valence-electron chi connectivity index (χ3n) is 6.51. The molecule has 2 heterocycles. The largest absolute Gasteiger partial charge is 0.359 e. The summed E-state index contributed by atoms with van der Waals surface area (Å²) in [6.07, 6.45) is 8.14. The zero-order valence-electron chi connectivity index (χ0n) is 19.5. The Morgan fingerprint density at radius 2 is 1.77 bits per heavy atom. The molecule has 2 aliphatic heterocycles. The average molecular weight is 428 g/mol. The van der Waals surface area contributed by atoms with Crippen LogP contribution in [0.5, 0.6) is 0 Å². The van der Waals surface area contributed by atoms with Crippen molar-refractivity contribution in [2.45, 2.75) is 65.0 Å². The number of likely N-dealkylation sites (tertiary alicyclic amines) is 2. The van der Waals surface area contributed by atoms with Gasteiger partial charge in [-0.25, -0.2) is 4.99 Å². The van der Waals surface area contributed by atoms with E-state index in [2.05, 4.69) is 51.6 Å². The molecule has 2 aliphatic rings. The second-order valence-electron chi connectivity index (χ2n) is 8.99. The van der Waals surface area contributed by atoms with Crippen molar-refractivity contribution in [3.05, 3.63) is 35.4 Å². The summed E-state index contributed by atoms with van der Waals surface area (Å²) in [4.78, 5) is 21.6. The van der Waals surface area contributed by atoms with Crippen molar-refractivity contribution in [3.8, 4) is 0 Å². The number of hydrogen-bond acceptors (Lipinski definition) is 3. The summed E-state index contributed by atoms with van der Waals surface area (Å²) in [5.74, 6) is 1.63. The summed E-state index contributed by atoms with van der Waals surface area (Å²) < 4.78 is 0. The molecule has 0 aromatic heterocycles. The highest BCUT2D eigenvalue weighted by atomic mass is 16.1. The van der Waals surface area contributed by atoms with Crippen molar-refractivity contribution in [1.82, 2.24) is 20.4 Å². The molecule has 0 bridgehead atoms. The smallest absolute Gasteiger partial charge is 0.220 e. The highest BCUT2D eigenvalue weighted by Crippen LogP contribution is 2.21. The van der Waals surface area contributed by atoms with Crippen molar-refractivity contribution in [2.24, 2.45) is 10.9 Å². The Bertz CT molecular complexity index is 704. The summed E-state index contributed by atoms with van der Waals surface area (Å²) in [7, 11) is 1.72. The van der Waals surface area contributed by atoms with Crippen molar-refractivity contribution in [1.29, 1.82) is 0 Å². The Labute approximate surface area is 188 Å². The molecule has 6 heteroatoms. The number of guanidine groups is 1. The van der Waals surface area contributed by atoms with Crippen LogP contribution in [0.3, 0.4) is 0 Å². The molecule has 2 saturated heterocycles. The molecule has 31 heavy (non-hydrogen) atoms. The Morgan fingerprint density at radius 3 is 2.45 bits per heavy atom. The molecule has 2 fully saturated rings. The van der Waals surface area contributed by atoms with E-state index in [1.165, 1.54) is 49.9 Å². The van der Waals surface area contributed by atoms with Gasteiger partial charge in [0.1, 0.15) is 0 Å². The Balaban J connectivity index is 1.56. The minimum absolute atomic E-state index is 0.152. The SMILES string of the molecule is CCNC(=NCc1cccc(CN2CCCCCC2)c1)N1CCC(CC(=O)NC)CC1. The van der Waals surface area contributed by atoms with Gasteiger partial charge in [0, 0.05) is 39.6 Å². The van der Waals surface area contributed by atoms with Gasteiger partial charge in [-0.15, -0.1) is 0 Å². The lowest BCUT2D eigenvalue weighted by Crippen LogP contribution is -2.46. The van der Waals surface area contributed by atoms with E-state index in [-0.39, 0.29) is 5.91 Å². The fraction of sp³-hybridized carbons (Fsp3) is 0.680. The third kappa shape index (κ3) is 7.84. The standard InChI is InChI=1S/C25H41N5O/c1-3-27-25(30-15-11-21(12-16-30)18-24(31)26-2)28-19-22-9-8-10-23(17-22)20-29-13-6-4-5-7-14-29/h8-10,17,21H,3-7,11-16,18-20H2,1-2H3,(H,26,31)(H,27,28). The number of nitrogens with zero attached hydrogens (tertiary/aromatic N) is 3. The van der Waals surface area contributed by atoms with Gasteiger partial charge in [0.2, 0.25) is 5.91 Å². The van der Waals surface area contributed by atoms with Crippen molar-refractivity contribution in [2.75, 3.05) is 39.8 Å². The first kappa shape index (κ1) is 23.6. The zero-order chi connectivity index (χ0) is 21.9. The van der Waals surface area contributed by atoms with Gasteiger partial charge in [-0.05, 0) is 62.7 Å². The third-order valence-corrected chi connectivity index (χ3v) is 6.51. The number of carbonyl (C=O) groups excluding carboxylic acids is 1. The van der Waals surface area contributed by atoms with Crippen molar-refractivity contribution < 1.29 is 4.79 Å². The number of hydrogen-bond donors (Lipinski definition) is 2. The lowest BCUT2D eigenvalue weighted by molar-refractivity contribution is -0.121. The van der Waals surface area contributed by atoms with E-state index in [9.17, 15) is 4.79 Å². The van der Waals surface area contributed by atoms with Gasteiger partial charge in [0.25, 0.3) is 0 Å². The van der Waals surface area contributed by atoms with E-state index in [4.69, 9.17) is 4.99 Å². The molecule has 0 aliphatic carbocycles. The lowest BCUT2D eigenvalue weighted by Gasteiger charge is -2.34. The molecule has 1 amide bonds. The molecule has 0 atom stereocenters. The Morgan fingerprint density at radius 1 is 1.06 bits per heavy atom. The maximum Gasteiger partial charge on any atom is 0.220 e. The number of amides is 1. The summed E-state index contributed by atoms with van der Waals surface area (Å²) in [5.41, 5.74) is 2.67. The highest BCUT2D eigenvalue weighted by molar-refractivity contribution is 5.80. The second kappa shape index (κ2) is 12.7. The quantitative estimate of drug-likeness (QED) is 0.517. The van der Waals surface area contributed by atoms with Gasteiger partial charge in [0.15, 0.2) is 5.96 Å². The molecule has 0 unspecified atom stereocenters. The van der Waals surface area contributed by atoms with E-state index in [0.717, 1.165) is 45.0 Å². The van der Waals surface area contributed by atoms with Crippen LogP contribution in [-0.4, -0.2) is 61.4 Å². The van der Waals surface area contributed by atoms with E-state index in [0.29, 0.717) is 18.9 Å². The molecule has 6 nitrogen and oxygen atoms in total. The Hall–Kier alpha value is -2.08. The first-order valence-corrected chi connectivity index (χ1v) is 12.2. The summed E-state index contributed by atoms with van der Waals surface area (Å²) in [5, 5.41) is 6.21. The second-order valence-corrected chi connectivity index (χ2v) is 8.99. The van der Waals surface area contributed by atoms with Gasteiger partial charge >= 0.3 is 0 Å². The van der Waals surface area contributed by atoms with Gasteiger partial charge < -0.3 is 15.5 Å². The van der Waals surface area contributed by atoms with Gasteiger partial charge in [0.05, 0.1) is 6.54 Å². The molecule has 1 aromatic rings. The zero-order valence-corrected chi connectivity index (χ0v) is 19.5. The maximum absolute atomic E-state index is 11.7. The fourth-order valence-corrected chi connectivity index (χ4v) is 4.68. The summed E-state index contributed by atoms with van der Waals surface area (Å²) in [6, 6.07) is 8.94. The first-order valence-electron chi connectivity index (χ1n) is 12.2. The number of piperidine rings is 1. The highest BCUT2D eigenvalue weighted by Gasteiger charge is 2.23. The number of nitrogens with one attached hydrogen (secondary N) is 2. The van der Waals surface area contributed by atoms with Crippen LogP contribution >= 0.6 is 0 Å². The van der Waals surface area contributed by atoms with Crippen LogP contribution in [0.2, 0.25) is 0 Å². The predicted molar refractivity (Wildman–Crippen MR) is 128 cm³/mol. The topological polar surface area (TPSA) is 60.0 Å². The normalized spacial score (nSPS) is 19.2. The number of carbonyl (C=O) groups is 1. The maximum atomic E-state index is 11.7.